The van der Waals surface area contributed by atoms with Crippen LogP contribution in [-0.2, 0) is 0 Å². The molecule has 1 atom stereocenters. The van der Waals surface area contributed by atoms with Gasteiger partial charge in [-0.1, -0.05) is 6.92 Å². The molecule has 1 saturated heterocycles. The van der Waals surface area contributed by atoms with Gasteiger partial charge in [0.25, 0.3) is 5.91 Å². The average molecular weight is 345 g/mol. The number of nitrogens with zero attached hydrogens (tertiary/aromatic N) is 4. The molecule has 6 nitrogen and oxygen atoms in total. The van der Waals surface area contributed by atoms with E-state index < -0.39 is 0 Å². The van der Waals surface area contributed by atoms with E-state index in [0.717, 1.165) is 31.2 Å². The summed E-state index contributed by atoms with van der Waals surface area (Å²) < 4.78 is 0. The van der Waals surface area contributed by atoms with Crippen LogP contribution in [0.15, 0.2) is 18.5 Å². The van der Waals surface area contributed by atoms with Gasteiger partial charge in [-0.05, 0) is 38.3 Å². The van der Waals surface area contributed by atoms with Crippen molar-refractivity contribution >= 4 is 17.2 Å². The molecule has 0 bridgehead atoms. The van der Waals surface area contributed by atoms with Gasteiger partial charge in [-0.2, -0.15) is 0 Å². The maximum absolute atomic E-state index is 12.4. The lowest BCUT2D eigenvalue weighted by atomic mass is 10.0. The summed E-state index contributed by atoms with van der Waals surface area (Å²) in [6, 6.07) is 1.76. The summed E-state index contributed by atoms with van der Waals surface area (Å²) in [4.78, 5) is 28.3. The second-order valence-corrected chi connectivity index (χ2v) is 7.31. The van der Waals surface area contributed by atoms with E-state index in [4.69, 9.17) is 0 Å². The molecule has 0 aromatic carbocycles. The molecule has 0 spiro atoms. The predicted molar refractivity (Wildman–Crippen MR) is 95.0 cm³/mol. The van der Waals surface area contributed by atoms with E-state index in [1.54, 1.807) is 18.5 Å². The van der Waals surface area contributed by atoms with E-state index in [2.05, 4.69) is 32.1 Å². The number of hydrogen-bond acceptors (Lipinski definition) is 6. The fourth-order valence-electron chi connectivity index (χ4n) is 3.01. The zero-order chi connectivity index (χ0) is 16.9. The predicted octanol–water partition coefficient (Wildman–Crippen LogP) is 2.37. The fourth-order valence-corrected chi connectivity index (χ4v) is 3.94. The summed E-state index contributed by atoms with van der Waals surface area (Å²) in [7, 11) is 0. The minimum absolute atomic E-state index is 0.0581. The Hall–Kier alpha value is -1.86. The van der Waals surface area contributed by atoms with Crippen molar-refractivity contribution in [3.63, 3.8) is 0 Å². The molecule has 3 rings (SSSR count). The van der Waals surface area contributed by atoms with Gasteiger partial charge in [-0.15, -0.1) is 11.3 Å². The minimum atomic E-state index is -0.0581. The van der Waals surface area contributed by atoms with Crippen LogP contribution in [0.1, 0.15) is 35.1 Å². The summed E-state index contributed by atoms with van der Waals surface area (Å²) in [6.45, 7) is 7.98. The lowest BCUT2D eigenvalue weighted by Crippen LogP contribution is -2.40. The molecule has 0 aliphatic carbocycles. The number of amides is 1. The number of aryl methyl sites for hydroxylation is 1. The average Bonchev–Trinajstić information content (AvgIpc) is 2.98. The summed E-state index contributed by atoms with van der Waals surface area (Å²) in [5.41, 5.74) is 0.728. The molecular weight excluding hydrogens is 322 g/mol. The Morgan fingerprint density at radius 2 is 2.21 bits per heavy atom. The first-order valence-electron chi connectivity index (χ1n) is 8.39. The Morgan fingerprint density at radius 3 is 2.96 bits per heavy atom. The maximum Gasteiger partial charge on any atom is 0.263 e. The standard InChI is InChI=1S/C17H23N5OS/c1-12-5-3-9-22(11-12)10-8-20-16(23)14-13(2)21-17(24-14)15-18-6-4-7-19-15/h4,6-7,12H,3,5,8-11H2,1-2H3,(H,20,23). The molecule has 1 aliphatic rings. The molecule has 1 aliphatic heterocycles. The molecule has 7 heteroatoms. The number of hydrogen-bond donors (Lipinski definition) is 1. The first kappa shape index (κ1) is 17.0. The summed E-state index contributed by atoms with van der Waals surface area (Å²) in [5, 5.41) is 3.70. The van der Waals surface area contributed by atoms with Gasteiger partial charge in [0.05, 0.1) is 5.69 Å². The Kier molecular flexibility index (Phi) is 5.52. The smallest absolute Gasteiger partial charge is 0.263 e. The number of carbonyl (C=O) groups excluding carboxylic acids is 1. The molecule has 1 N–H and O–H groups in total. The van der Waals surface area contributed by atoms with E-state index in [0.29, 0.717) is 22.3 Å². The number of likely N-dealkylation sites (tertiary alicyclic amines) is 1. The largest absolute Gasteiger partial charge is 0.350 e. The fraction of sp³-hybridized carbons (Fsp3) is 0.529. The monoisotopic (exact) mass is 345 g/mol. The molecule has 0 saturated carbocycles. The van der Waals surface area contributed by atoms with E-state index in [9.17, 15) is 4.79 Å². The molecule has 2 aromatic rings. The van der Waals surface area contributed by atoms with Crippen LogP contribution in [0, 0.1) is 12.8 Å². The summed E-state index contributed by atoms with van der Waals surface area (Å²) >= 11 is 1.35. The van der Waals surface area contributed by atoms with Gasteiger partial charge in [-0.3, -0.25) is 4.79 Å². The highest BCUT2D eigenvalue weighted by atomic mass is 32.1. The van der Waals surface area contributed by atoms with Gasteiger partial charge < -0.3 is 10.2 Å². The summed E-state index contributed by atoms with van der Waals surface area (Å²) in [6.07, 6.45) is 5.92. The van der Waals surface area contributed by atoms with Crippen LogP contribution in [0.3, 0.4) is 0 Å². The Bertz CT molecular complexity index is 688. The molecule has 1 amide bonds. The highest BCUT2D eigenvalue weighted by molar-refractivity contribution is 7.17. The van der Waals surface area contributed by atoms with Gasteiger partial charge in [-0.25, -0.2) is 15.0 Å². The second-order valence-electron chi connectivity index (χ2n) is 6.31. The van der Waals surface area contributed by atoms with Crippen LogP contribution in [-0.4, -0.2) is 51.9 Å². The Labute approximate surface area is 146 Å². The van der Waals surface area contributed by atoms with Crippen molar-refractivity contribution < 1.29 is 4.79 Å². The molecule has 1 unspecified atom stereocenters. The lowest BCUT2D eigenvalue weighted by Gasteiger charge is -2.30. The molecule has 24 heavy (non-hydrogen) atoms. The van der Waals surface area contributed by atoms with E-state index in [1.165, 1.54) is 24.2 Å². The normalized spacial score (nSPS) is 18.5. The van der Waals surface area contributed by atoms with Crippen molar-refractivity contribution in [3.05, 3.63) is 29.0 Å². The van der Waals surface area contributed by atoms with Gasteiger partial charge in [0.1, 0.15) is 4.88 Å². The number of piperidine rings is 1. The Balaban J connectivity index is 1.56. The van der Waals surface area contributed by atoms with Gasteiger partial charge in [0.2, 0.25) is 0 Å². The van der Waals surface area contributed by atoms with E-state index in [1.807, 2.05) is 6.92 Å². The van der Waals surface area contributed by atoms with Gasteiger partial charge in [0, 0.05) is 32.0 Å². The Morgan fingerprint density at radius 1 is 1.42 bits per heavy atom. The molecule has 1 fully saturated rings. The highest BCUT2D eigenvalue weighted by Gasteiger charge is 2.19. The van der Waals surface area contributed by atoms with Gasteiger partial charge in [0.15, 0.2) is 10.8 Å². The third-order valence-electron chi connectivity index (χ3n) is 4.21. The van der Waals surface area contributed by atoms with Crippen LogP contribution in [0.4, 0.5) is 0 Å². The molecule has 0 radical (unpaired) electrons. The minimum Gasteiger partial charge on any atom is -0.350 e. The first-order chi connectivity index (χ1) is 11.6. The number of aromatic nitrogens is 3. The zero-order valence-corrected chi connectivity index (χ0v) is 15.0. The zero-order valence-electron chi connectivity index (χ0n) is 14.2. The van der Waals surface area contributed by atoms with Crippen LogP contribution in [0.5, 0.6) is 0 Å². The molecule has 2 aromatic heterocycles. The van der Waals surface area contributed by atoms with Crippen molar-refractivity contribution in [2.45, 2.75) is 26.7 Å². The highest BCUT2D eigenvalue weighted by Crippen LogP contribution is 2.25. The van der Waals surface area contributed by atoms with Crippen LogP contribution < -0.4 is 5.32 Å². The first-order valence-corrected chi connectivity index (χ1v) is 9.20. The number of rotatable bonds is 5. The van der Waals surface area contributed by atoms with Crippen LogP contribution in [0.2, 0.25) is 0 Å². The van der Waals surface area contributed by atoms with Crippen LogP contribution in [0.25, 0.3) is 10.8 Å². The second kappa shape index (κ2) is 7.81. The van der Waals surface area contributed by atoms with E-state index in [-0.39, 0.29) is 5.91 Å². The van der Waals surface area contributed by atoms with Crippen molar-refractivity contribution in [3.8, 4) is 10.8 Å². The van der Waals surface area contributed by atoms with Crippen molar-refractivity contribution in [2.24, 2.45) is 5.92 Å². The van der Waals surface area contributed by atoms with Crippen molar-refractivity contribution in [2.75, 3.05) is 26.2 Å². The molecule has 3 heterocycles. The topological polar surface area (TPSA) is 71.0 Å². The summed E-state index contributed by atoms with van der Waals surface area (Å²) in [5.74, 6) is 1.26. The maximum atomic E-state index is 12.4. The van der Waals surface area contributed by atoms with Crippen molar-refractivity contribution in [1.82, 2.24) is 25.2 Å². The van der Waals surface area contributed by atoms with Gasteiger partial charge >= 0.3 is 0 Å². The third-order valence-corrected chi connectivity index (χ3v) is 5.37. The number of nitrogens with one attached hydrogen (secondary N) is 1. The SMILES string of the molecule is Cc1nc(-c2ncccn2)sc1C(=O)NCCN1CCCC(C)C1. The lowest BCUT2D eigenvalue weighted by molar-refractivity contribution is 0.0947. The van der Waals surface area contributed by atoms with Crippen LogP contribution >= 0.6 is 11.3 Å². The van der Waals surface area contributed by atoms with Crippen molar-refractivity contribution in [1.29, 1.82) is 0 Å². The quantitative estimate of drug-likeness (QED) is 0.901. The van der Waals surface area contributed by atoms with E-state index >= 15 is 0 Å². The third kappa shape index (κ3) is 4.15. The molecule has 128 valence electrons. The number of carbonyl (C=O) groups is 1. The number of thiazole rings is 1. The molecular formula is C17H23N5OS.